The fourth-order valence-electron chi connectivity index (χ4n) is 1.57. The molecule has 6 heteroatoms. The number of hydrogen-bond donors (Lipinski definition) is 1. The first-order chi connectivity index (χ1) is 7.89. The molecular formula is C11H18N2O3S. The maximum Gasteiger partial charge on any atom is 0.247 e. The third-order valence-electron chi connectivity index (χ3n) is 2.38. The van der Waals surface area contributed by atoms with Crippen molar-refractivity contribution in [3.8, 4) is 0 Å². The standard InChI is InChI=1S/C11H18N2O3S/c1-4-7-13(9(2)3)17(15,16)10-5-6-11(14)12-8-10/h5-6,8-9H,4,7H2,1-3H3,(H,12,14). The lowest BCUT2D eigenvalue weighted by molar-refractivity contribution is 0.354. The van der Waals surface area contributed by atoms with Gasteiger partial charge >= 0.3 is 0 Å². The lowest BCUT2D eigenvalue weighted by atomic mass is 10.4. The van der Waals surface area contributed by atoms with Crippen LogP contribution in [-0.2, 0) is 10.0 Å². The van der Waals surface area contributed by atoms with Crippen LogP contribution in [0, 0.1) is 0 Å². The Labute approximate surface area is 102 Å². The Hall–Kier alpha value is -1.14. The molecule has 96 valence electrons. The van der Waals surface area contributed by atoms with Crippen LogP contribution in [0.5, 0.6) is 0 Å². The van der Waals surface area contributed by atoms with Gasteiger partial charge in [0.1, 0.15) is 0 Å². The molecule has 0 aliphatic rings. The summed E-state index contributed by atoms with van der Waals surface area (Å²) in [5.41, 5.74) is -0.310. The van der Waals surface area contributed by atoms with E-state index >= 15 is 0 Å². The predicted octanol–water partition coefficient (Wildman–Crippen LogP) is 1.18. The van der Waals surface area contributed by atoms with Gasteiger partial charge in [0.25, 0.3) is 0 Å². The molecule has 17 heavy (non-hydrogen) atoms. The van der Waals surface area contributed by atoms with Gasteiger partial charge in [0, 0.05) is 24.8 Å². The SMILES string of the molecule is CCCN(C(C)C)S(=O)(=O)c1ccc(=O)[nH]c1. The van der Waals surface area contributed by atoms with Crippen molar-refractivity contribution in [1.29, 1.82) is 0 Å². The highest BCUT2D eigenvalue weighted by Crippen LogP contribution is 2.16. The molecule has 1 rings (SSSR count). The van der Waals surface area contributed by atoms with E-state index < -0.39 is 10.0 Å². The van der Waals surface area contributed by atoms with Gasteiger partial charge in [0.2, 0.25) is 15.6 Å². The maximum absolute atomic E-state index is 12.3. The second-order valence-electron chi connectivity index (χ2n) is 4.10. The van der Waals surface area contributed by atoms with E-state index in [9.17, 15) is 13.2 Å². The highest BCUT2D eigenvalue weighted by molar-refractivity contribution is 7.89. The molecule has 0 unspecified atom stereocenters. The van der Waals surface area contributed by atoms with E-state index in [2.05, 4.69) is 4.98 Å². The number of H-pyrrole nitrogens is 1. The molecule has 1 aromatic rings. The fraction of sp³-hybridized carbons (Fsp3) is 0.545. The Morgan fingerprint density at radius 1 is 1.35 bits per heavy atom. The van der Waals surface area contributed by atoms with Gasteiger partial charge in [-0.05, 0) is 26.3 Å². The Balaban J connectivity index is 3.16. The van der Waals surface area contributed by atoms with Crippen LogP contribution >= 0.6 is 0 Å². The molecule has 0 aliphatic carbocycles. The quantitative estimate of drug-likeness (QED) is 0.862. The molecule has 0 spiro atoms. The van der Waals surface area contributed by atoms with E-state index in [1.54, 1.807) is 0 Å². The van der Waals surface area contributed by atoms with Crippen LogP contribution in [-0.4, -0.2) is 30.3 Å². The summed E-state index contributed by atoms with van der Waals surface area (Å²) >= 11 is 0. The molecule has 1 heterocycles. The predicted molar refractivity (Wildman–Crippen MR) is 66.4 cm³/mol. The number of sulfonamides is 1. The Bertz CT molecular complexity index is 499. The highest BCUT2D eigenvalue weighted by atomic mass is 32.2. The average Bonchev–Trinajstić information content (AvgIpc) is 2.25. The van der Waals surface area contributed by atoms with Crippen molar-refractivity contribution in [2.75, 3.05) is 6.54 Å². The van der Waals surface area contributed by atoms with Gasteiger partial charge < -0.3 is 4.98 Å². The zero-order chi connectivity index (χ0) is 13.1. The monoisotopic (exact) mass is 258 g/mol. The van der Waals surface area contributed by atoms with Crippen LogP contribution in [0.1, 0.15) is 27.2 Å². The zero-order valence-corrected chi connectivity index (χ0v) is 11.1. The van der Waals surface area contributed by atoms with E-state index in [-0.39, 0.29) is 16.5 Å². The van der Waals surface area contributed by atoms with Gasteiger partial charge in [0.15, 0.2) is 0 Å². The van der Waals surface area contributed by atoms with Crippen molar-refractivity contribution in [3.05, 3.63) is 28.7 Å². The molecular weight excluding hydrogens is 240 g/mol. The molecule has 0 aromatic carbocycles. The van der Waals surface area contributed by atoms with Gasteiger partial charge in [-0.1, -0.05) is 6.92 Å². The second-order valence-corrected chi connectivity index (χ2v) is 5.99. The highest BCUT2D eigenvalue weighted by Gasteiger charge is 2.26. The Kier molecular flexibility index (Phi) is 4.47. The van der Waals surface area contributed by atoms with E-state index in [1.807, 2.05) is 20.8 Å². The summed E-state index contributed by atoms with van der Waals surface area (Å²) in [6, 6.07) is 2.45. The summed E-state index contributed by atoms with van der Waals surface area (Å²) in [4.78, 5) is 13.4. The molecule has 0 radical (unpaired) electrons. The summed E-state index contributed by atoms with van der Waals surface area (Å²) in [6.45, 7) is 6.06. The molecule has 0 aliphatic heterocycles. The van der Waals surface area contributed by atoms with Crippen molar-refractivity contribution in [2.45, 2.75) is 38.1 Å². The Morgan fingerprint density at radius 3 is 2.41 bits per heavy atom. The first-order valence-corrected chi connectivity index (χ1v) is 7.04. The van der Waals surface area contributed by atoms with Crippen molar-refractivity contribution < 1.29 is 8.42 Å². The molecule has 0 fully saturated rings. The third kappa shape index (κ3) is 3.17. The van der Waals surface area contributed by atoms with Crippen molar-refractivity contribution in [2.24, 2.45) is 0 Å². The molecule has 0 amide bonds. The first kappa shape index (κ1) is 13.9. The molecule has 1 N–H and O–H groups in total. The van der Waals surface area contributed by atoms with Crippen LogP contribution < -0.4 is 5.56 Å². The van der Waals surface area contributed by atoms with E-state index in [0.29, 0.717) is 6.54 Å². The van der Waals surface area contributed by atoms with Gasteiger partial charge in [0.05, 0.1) is 4.90 Å². The summed E-state index contributed by atoms with van der Waals surface area (Å²) in [6.07, 6.45) is 1.99. The minimum Gasteiger partial charge on any atom is -0.328 e. The maximum atomic E-state index is 12.3. The fourth-order valence-corrected chi connectivity index (χ4v) is 3.27. The largest absolute Gasteiger partial charge is 0.328 e. The van der Waals surface area contributed by atoms with Crippen LogP contribution in [0.2, 0.25) is 0 Å². The number of aromatic amines is 1. The number of hydrogen-bond acceptors (Lipinski definition) is 3. The summed E-state index contributed by atoms with van der Waals surface area (Å²) in [5.74, 6) is 0. The van der Waals surface area contributed by atoms with E-state index in [4.69, 9.17) is 0 Å². The van der Waals surface area contributed by atoms with Crippen molar-refractivity contribution >= 4 is 10.0 Å². The smallest absolute Gasteiger partial charge is 0.247 e. The van der Waals surface area contributed by atoms with Gasteiger partial charge in [-0.3, -0.25) is 4.79 Å². The summed E-state index contributed by atoms with van der Waals surface area (Å²) in [5, 5.41) is 0. The third-order valence-corrected chi connectivity index (χ3v) is 4.45. The minimum absolute atomic E-state index is 0.105. The normalized spacial score (nSPS) is 12.3. The topological polar surface area (TPSA) is 70.2 Å². The number of nitrogens with one attached hydrogen (secondary N) is 1. The van der Waals surface area contributed by atoms with Gasteiger partial charge in [-0.25, -0.2) is 8.42 Å². The number of aromatic nitrogens is 1. The lowest BCUT2D eigenvalue weighted by Crippen LogP contribution is -2.37. The van der Waals surface area contributed by atoms with Gasteiger partial charge in [-0.2, -0.15) is 4.31 Å². The molecule has 1 aromatic heterocycles. The minimum atomic E-state index is -3.52. The van der Waals surface area contributed by atoms with E-state index in [0.717, 1.165) is 6.42 Å². The molecule has 0 saturated carbocycles. The van der Waals surface area contributed by atoms with Crippen LogP contribution in [0.3, 0.4) is 0 Å². The van der Waals surface area contributed by atoms with Crippen LogP contribution in [0.15, 0.2) is 28.0 Å². The van der Waals surface area contributed by atoms with Gasteiger partial charge in [-0.15, -0.1) is 0 Å². The van der Waals surface area contributed by atoms with E-state index in [1.165, 1.54) is 22.6 Å². The molecule has 5 nitrogen and oxygen atoms in total. The Morgan fingerprint density at radius 2 is 2.00 bits per heavy atom. The summed E-state index contributed by atoms with van der Waals surface area (Å²) in [7, 11) is -3.52. The first-order valence-electron chi connectivity index (χ1n) is 5.60. The average molecular weight is 258 g/mol. The number of pyridine rings is 1. The molecule has 0 atom stereocenters. The molecule has 0 bridgehead atoms. The zero-order valence-electron chi connectivity index (χ0n) is 10.3. The number of nitrogens with zero attached hydrogens (tertiary/aromatic N) is 1. The van der Waals surface area contributed by atoms with Crippen molar-refractivity contribution in [1.82, 2.24) is 9.29 Å². The summed E-state index contributed by atoms with van der Waals surface area (Å²) < 4.78 is 26.0. The molecule has 0 saturated heterocycles. The van der Waals surface area contributed by atoms with Crippen molar-refractivity contribution in [3.63, 3.8) is 0 Å². The van der Waals surface area contributed by atoms with Crippen LogP contribution in [0.4, 0.5) is 0 Å². The van der Waals surface area contributed by atoms with Crippen LogP contribution in [0.25, 0.3) is 0 Å². The lowest BCUT2D eigenvalue weighted by Gasteiger charge is -2.25. The second kappa shape index (κ2) is 5.46. The number of rotatable bonds is 5.